The van der Waals surface area contributed by atoms with E-state index in [0.29, 0.717) is 24.2 Å². The summed E-state index contributed by atoms with van der Waals surface area (Å²) in [4.78, 5) is 2.45. The highest BCUT2D eigenvalue weighted by Crippen LogP contribution is 2.66. The molecule has 1 heterocycles. The van der Waals surface area contributed by atoms with Crippen molar-refractivity contribution in [3.63, 3.8) is 0 Å². The van der Waals surface area contributed by atoms with E-state index in [1.807, 2.05) is 25.1 Å². The van der Waals surface area contributed by atoms with Crippen LogP contribution in [0.3, 0.4) is 0 Å². The van der Waals surface area contributed by atoms with Gasteiger partial charge in [-0.15, -0.1) is 0 Å². The van der Waals surface area contributed by atoms with Gasteiger partial charge in [0.1, 0.15) is 0 Å². The molecular formula is C27H36N2O3S. The smallest absolute Gasteiger partial charge is 0.216 e. The summed E-state index contributed by atoms with van der Waals surface area (Å²) in [5.41, 5.74) is 2.95. The largest absolute Gasteiger partial charge is 0.389 e. The summed E-state index contributed by atoms with van der Waals surface area (Å²) >= 11 is 0. The van der Waals surface area contributed by atoms with Crippen molar-refractivity contribution in [3.05, 3.63) is 71.3 Å². The summed E-state index contributed by atoms with van der Waals surface area (Å²) in [6, 6.07) is 18.7. The van der Waals surface area contributed by atoms with Crippen LogP contribution in [-0.2, 0) is 15.4 Å². The lowest BCUT2D eigenvalue weighted by atomic mass is 9.67. The van der Waals surface area contributed by atoms with Gasteiger partial charge < -0.3 is 5.11 Å². The molecule has 3 N–H and O–H groups in total. The highest BCUT2D eigenvalue weighted by atomic mass is 32.2. The molecule has 3 atom stereocenters. The van der Waals surface area contributed by atoms with E-state index in [9.17, 15) is 13.5 Å². The van der Waals surface area contributed by atoms with Gasteiger partial charge in [0.25, 0.3) is 0 Å². The Morgan fingerprint density at radius 2 is 1.73 bits per heavy atom. The lowest BCUT2D eigenvalue weighted by Gasteiger charge is -2.46. The fourth-order valence-electron chi connectivity index (χ4n) is 7.15. The minimum Gasteiger partial charge on any atom is -0.389 e. The number of primary sulfonamides is 1. The number of aliphatic hydroxyl groups is 1. The first-order valence-corrected chi connectivity index (χ1v) is 13.9. The predicted molar refractivity (Wildman–Crippen MR) is 131 cm³/mol. The summed E-state index contributed by atoms with van der Waals surface area (Å²) in [5.74, 6) is 1.61. The number of rotatable bonds is 8. The van der Waals surface area contributed by atoms with Crippen LogP contribution in [0.15, 0.2) is 54.6 Å². The Morgan fingerprint density at radius 1 is 1.06 bits per heavy atom. The molecule has 0 spiro atoms. The third-order valence-electron chi connectivity index (χ3n) is 8.80. The molecule has 0 radical (unpaired) electrons. The number of likely N-dealkylation sites (tertiary alicyclic amines) is 1. The first kappa shape index (κ1) is 23.0. The average molecular weight is 469 g/mol. The van der Waals surface area contributed by atoms with Crippen LogP contribution in [0.2, 0.25) is 0 Å². The number of nitrogens with zero attached hydrogens (tertiary/aromatic N) is 1. The molecule has 5 rings (SSSR count). The standard InChI is InChI=1S/C27H36N2O3S/c1-3-25(33(28,31)32)20-11-8-12-22(13-20)27(4-2)23-16-29(17-24(23)27)18-26(30)14-21(15-26)19-9-6-5-7-10-19/h5-13,21,23-25,30H,3-4,14-18H2,1-2H3,(H2,28,31,32). The molecule has 1 aliphatic heterocycles. The zero-order chi connectivity index (χ0) is 23.4. The van der Waals surface area contributed by atoms with E-state index in [0.717, 1.165) is 44.5 Å². The van der Waals surface area contributed by atoms with Crippen molar-refractivity contribution in [3.8, 4) is 0 Å². The molecule has 0 bridgehead atoms. The van der Waals surface area contributed by atoms with Crippen molar-refractivity contribution in [2.45, 2.75) is 61.7 Å². The molecule has 0 aromatic heterocycles. The van der Waals surface area contributed by atoms with Gasteiger partial charge in [0.05, 0.1) is 10.9 Å². The third-order valence-corrected chi connectivity index (χ3v) is 10.2. The minimum atomic E-state index is -3.62. The molecule has 0 amide bonds. The van der Waals surface area contributed by atoms with Gasteiger partial charge in [-0.1, -0.05) is 68.4 Å². The van der Waals surface area contributed by atoms with Gasteiger partial charge in [0, 0.05) is 25.0 Å². The van der Waals surface area contributed by atoms with Crippen molar-refractivity contribution in [1.29, 1.82) is 0 Å². The van der Waals surface area contributed by atoms with Crippen LogP contribution in [0.25, 0.3) is 0 Å². The average Bonchev–Trinajstić information content (AvgIpc) is 3.15. The minimum absolute atomic E-state index is 0.123. The van der Waals surface area contributed by atoms with Gasteiger partial charge >= 0.3 is 0 Å². The quantitative estimate of drug-likeness (QED) is 0.615. The van der Waals surface area contributed by atoms with Crippen LogP contribution in [0.5, 0.6) is 0 Å². The van der Waals surface area contributed by atoms with Crippen molar-refractivity contribution in [2.24, 2.45) is 17.0 Å². The van der Waals surface area contributed by atoms with Crippen LogP contribution in [0.1, 0.15) is 67.4 Å². The maximum absolute atomic E-state index is 12.1. The second-order valence-electron chi connectivity index (χ2n) is 10.7. The molecule has 178 valence electrons. The highest BCUT2D eigenvalue weighted by Gasteiger charge is 2.67. The van der Waals surface area contributed by atoms with E-state index >= 15 is 0 Å². The summed E-state index contributed by atoms with van der Waals surface area (Å²) in [6.45, 7) is 6.89. The summed E-state index contributed by atoms with van der Waals surface area (Å²) in [5, 5.41) is 16.0. The maximum atomic E-state index is 12.1. The van der Waals surface area contributed by atoms with Gasteiger partial charge in [-0.3, -0.25) is 4.90 Å². The highest BCUT2D eigenvalue weighted by molar-refractivity contribution is 7.89. The van der Waals surface area contributed by atoms with Gasteiger partial charge in [0.15, 0.2) is 0 Å². The normalized spacial score (nSPS) is 34.5. The molecule has 2 aromatic carbocycles. The lowest BCUT2D eigenvalue weighted by Crippen LogP contribution is -2.51. The van der Waals surface area contributed by atoms with Crippen LogP contribution < -0.4 is 5.14 Å². The van der Waals surface area contributed by atoms with Gasteiger partial charge in [0.2, 0.25) is 10.0 Å². The molecule has 3 fully saturated rings. The van der Waals surface area contributed by atoms with Gasteiger partial charge in [-0.05, 0) is 60.1 Å². The summed E-state index contributed by atoms with van der Waals surface area (Å²) in [7, 11) is -3.62. The zero-order valence-corrected chi connectivity index (χ0v) is 20.5. The Balaban J connectivity index is 1.24. The molecule has 2 aromatic rings. The number of sulfonamides is 1. The predicted octanol–water partition coefficient (Wildman–Crippen LogP) is 3.94. The van der Waals surface area contributed by atoms with Crippen molar-refractivity contribution >= 4 is 10.0 Å². The van der Waals surface area contributed by atoms with Crippen molar-refractivity contribution < 1.29 is 13.5 Å². The maximum Gasteiger partial charge on any atom is 0.216 e. The molecule has 1 saturated heterocycles. The van der Waals surface area contributed by atoms with E-state index in [1.165, 1.54) is 11.1 Å². The van der Waals surface area contributed by atoms with E-state index in [-0.39, 0.29) is 5.41 Å². The number of fused-ring (bicyclic) bond motifs is 1. The number of piperidine rings is 1. The Labute approximate surface area is 198 Å². The molecule has 3 unspecified atom stereocenters. The van der Waals surface area contributed by atoms with E-state index in [4.69, 9.17) is 5.14 Å². The molecule has 2 saturated carbocycles. The fourth-order valence-corrected chi connectivity index (χ4v) is 8.14. The lowest BCUT2D eigenvalue weighted by molar-refractivity contribution is -0.0711. The molecule has 33 heavy (non-hydrogen) atoms. The van der Waals surface area contributed by atoms with Crippen LogP contribution in [-0.4, -0.2) is 43.7 Å². The number of nitrogens with two attached hydrogens (primary N) is 1. The molecule has 6 heteroatoms. The number of hydrogen-bond donors (Lipinski definition) is 2. The molecule has 5 nitrogen and oxygen atoms in total. The number of hydrogen-bond acceptors (Lipinski definition) is 4. The Hall–Kier alpha value is -1.73. The first-order valence-electron chi connectivity index (χ1n) is 12.3. The summed E-state index contributed by atoms with van der Waals surface area (Å²) < 4.78 is 24.2. The number of β-amino-alcohol motifs (C(OH)–C–C–N with tert-alkyl or cyclic N) is 1. The van der Waals surface area contributed by atoms with E-state index < -0.39 is 20.9 Å². The molecule has 2 aliphatic carbocycles. The van der Waals surface area contributed by atoms with Gasteiger partial charge in [-0.2, -0.15) is 0 Å². The SMILES string of the molecule is CCC(c1cccc(C2(CC)C3CN(CC4(O)CC(c5ccccc5)C4)CC32)c1)S(N)(=O)=O. The van der Waals surface area contributed by atoms with Gasteiger partial charge in [-0.25, -0.2) is 13.6 Å². The zero-order valence-electron chi connectivity index (χ0n) is 19.7. The van der Waals surface area contributed by atoms with E-state index in [2.05, 4.69) is 48.2 Å². The molecular weight excluding hydrogens is 432 g/mol. The second-order valence-corrected chi connectivity index (χ2v) is 12.4. The third kappa shape index (κ3) is 3.95. The Morgan fingerprint density at radius 3 is 2.30 bits per heavy atom. The number of benzene rings is 2. The Bertz CT molecular complexity index is 1100. The first-order chi connectivity index (χ1) is 15.7. The fraction of sp³-hybridized carbons (Fsp3) is 0.556. The monoisotopic (exact) mass is 468 g/mol. The van der Waals surface area contributed by atoms with E-state index in [1.54, 1.807) is 0 Å². The summed E-state index contributed by atoms with van der Waals surface area (Å²) in [6.07, 6.45) is 3.21. The topological polar surface area (TPSA) is 83.6 Å². The second kappa shape index (κ2) is 8.19. The molecule has 3 aliphatic rings. The van der Waals surface area contributed by atoms with Crippen molar-refractivity contribution in [2.75, 3.05) is 19.6 Å². The van der Waals surface area contributed by atoms with Crippen molar-refractivity contribution in [1.82, 2.24) is 4.90 Å². The van der Waals surface area contributed by atoms with Crippen LogP contribution in [0.4, 0.5) is 0 Å². The van der Waals surface area contributed by atoms with Crippen LogP contribution >= 0.6 is 0 Å². The van der Waals surface area contributed by atoms with Crippen LogP contribution in [0, 0.1) is 11.8 Å². The Kier molecular flexibility index (Phi) is 5.72.